The van der Waals surface area contributed by atoms with E-state index in [9.17, 15) is 14.0 Å². The Morgan fingerprint density at radius 3 is 2.59 bits per heavy atom. The Labute approximate surface area is 106 Å². The highest BCUT2D eigenvalue weighted by Crippen LogP contribution is 2.26. The van der Waals surface area contributed by atoms with Gasteiger partial charge in [-0.1, -0.05) is 0 Å². The molecule has 0 saturated carbocycles. The van der Waals surface area contributed by atoms with Gasteiger partial charge < -0.3 is 9.47 Å². The fourth-order valence-corrected chi connectivity index (χ4v) is 1.52. The van der Waals surface area contributed by atoms with Crippen molar-refractivity contribution in [1.29, 1.82) is 0 Å². The summed E-state index contributed by atoms with van der Waals surface area (Å²) in [4.78, 5) is 23.0. The Hall–Kier alpha value is -1.43. The van der Waals surface area contributed by atoms with Crippen molar-refractivity contribution in [3.8, 4) is 5.75 Å². The number of ketones is 1. The van der Waals surface area contributed by atoms with E-state index < -0.39 is 17.6 Å². The average molecular weight is 305 g/mol. The number of esters is 1. The quantitative estimate of drug-likeness (QED) is 0.487. The Bertz CT molecular complexity index is 459. The molecule has 0 heterocycles. The lowest BCUT2D eigenvalue weighted by Gasteiger charge is -2.08. The molecule has 0 amide bonds. The van der Waals surface area contributed by atoms with Crippen LogP contribution in [0.3, 0.4) is 0 Å². The van der Waals surface area contributed by atoms with Gasteiger partial charge in [0.25, 0.3) is 5.78 Å². The molecular formula is C11H10BrFO4. The number of halogens is 2. The number of methoxy groups -OCH3 is 1. The van der Waals surface area contributed by atoms with Gasteiger partial charge in [-0.2, -0.15) is 0 Å². The second kappa shape index (κ2) is 5.77. The highest BCUT2D eigenvalue weighted by molar-refractivity contribution is 9.10. The van der Waals surface area contributed by atoms with Crippen LogP contribution >= 0.6 is 15.9 Å². The smallest absolute Gasteiger partial charge is 0.379 e. The average Bonchev–Trinajstić information content (AvgIpc) is 2.31. The zero-order valence-electron chi connectivity index (χ0n) is 9.25. The van der Waals surface area contributed by atoms with E-state index in [2.05, 4.69) is 20.7 Å². The molecule has 0 fully saturated rings. The number of hydrogen-bond donors (Lipinski definition) is 0. The summed E-state index contributed by atoms with van der Waals surface area (Å²) in [5, 5.41) is 0. The Kier molecular flexibility index (Phi) is 4.62. The summed E-state index contributed by atoms with van der Waals surface area (Å²) in [5.41, 5.74) is -0.0424. The van der Waals surface area contributed by atoms with Crippen molar-refractivity contribution in [2.45, 2.75) is 6.92 Å². The second-order valence-corrected chi connectivity index (χ2v) is 3.87. The van der Waals surface area contributed by atoms with Gasteiger partial charge in [-0.25, -0.2) is 9.18 Å². The minimum Gasteiger partial charge on any atom is -0.496 e. The van der Waals surface area contributed by atoms with Gasteiger partial charge in [0.1, 0.15) is 11.6 Å². The van der Waals surface area contributed by atoms with Crippen molar-refractivity contribution in [2.24, 2.45) is 0 Å². The molecule has 0 aromatic heterocycles. The molecule has 0 aliphatic heterocycles. The fraction of sp³-hybridized carbons (Fsp3) is 0.273. The number of carbonyl (C=O) groups is 2. The van der Waals surface area contributed by atoms with Crippen LogP contribution in [0.1, 0.15) is 17.3 Å². The molecule has 0 aliphatic carbocycles. The highest BCUT2D eigenvalue weighted by atomic mass is 79.9. The summed E-state index contributed by atoms with van der Waals surface area (Å²) in [6.07, 6.45) is 0. The zero-order chi connectivity index (χ0) is 13.0. The van der Waals surface area contributed by atoms with E-state index in [-0.39, 0.29) is 22.4 Å². The summed E-state index contributed by atoms with van der Waals surface area (Å²) < 4.78 is 22.7. The molecule has 4 nitrogen and oxygen atoms in total. The van der Waals surface area contributed by atoms with Gasteiger partial charge in [-0.15, -0.1) is 0 Å². The van der Waals surface area contributed by atoms with E-state index in [4.69, 9.17) is 4.74 Å². The lowest BCUT2D eigenvalue weighted by molar-refractivity contribution is -0.137. The molecule has 6 heteroatoms. The minimum absolute atomic E-state index is 0.0104. The summed E-state index contributed by atoms with van der Waals surface area (Å²) >= 11 is 2.93. The molecule has 0 unspecified atom stereocenters. The maximum Gasteiger partial charge on any atom is 0.379 e. The third-order valence-corrected chi connectivity index (χ3v) is 2.56. The van der Waals surface area contributed by atoms with Crippen molar-refractivity contribution < 1.29 is 23.5 Å². The SMILES string of the molecule is CCOC(=O)C(=O)c1cc(Br)c(F)cc1OC. The van der Waals surface area contributed by atoms with Crippen molar-refractivity contribution in [3.63, 3.8) is 0 Å². The predicted octanol–water partition coefficient (Wildman–Crippen LogP) is 2.34. The Morgan fingerprint density at radius 2 is 2.06 bits per heavy atom. The molecule has 1 aromatic rings. The number of Topliss-reactive ketones (excluding diaryl/α,β-unsaturated/α-hetero) is 1. The van der Waals surface area contributed by atoms with Crippen LogP contribution < -0.4 is 4.74 Å². The maximum absolute atomic E-state index is 13.2. The van der Waals surface area contributed by atoms with Gasteiger partial charge in [0.15, 0.2) is 0 Å². The van der Waals surface area contributed by atoms with Gasteiger partial charge >= 0.3 is 5.97 Å². The molecule has 0 N–H and O–H groups in total. The maximum atomic E-state index is 13.2. The monoisotopic (exact) mass is 304 g/mol. The van der Waals surface area contributed by atoms with Crippen LogP contribution in [0.25, 0.3) is 0 Å². The van der Waals surface area contributed by atoms with E-state index in [1.54, 1.807) is 6.92 Å². The first-order valence-corrected chi connectivity index (χ1v) is 5.55. The predicted molar refractivity (Wildman–Crippen MR) is 61.6 cm³/mol. The fourth-order valence-electron chi connectivity index (χ4n) is 1.18. The van der Waals surface area contributed by atoms with Crippen molar-refractivity contribution in [3.05, 3.63) is 28.0 Å². The normalized spacial score (nSPS) is 9.88. The molecule has 0 spiro atoms. The van der Waals surface area contributed by atoms with Crippen LogP contribution in [-0.2, 0) is 9.53 Å². The third kappa shape index (κ3) is 3.03. The van der Waals surface area contributed by atoms with Crippen molar-refractivity contribution in [1.82, 2.24) is 0 Å². The summed E-state index contributed by atoms with van der Waals surface area (Å²) in [6, 6.07) is 2.21. The largest absolute Gasteiger partial charge is 0.496 e. The molecule has 0 radical (unpaired) electrons. The Morgan fingerprint density at radius 1 is 1.41 bits per heavy atom. The molecule has 17 heavy (non-hydrogen) atoms. The zero-order valence-corrected chi connectivity index (χ0v) is 10.8. The van der Waals surface area contributed by atoms with Crippen LogP contribution in [-0.4, -0.2) is 25.5 Å². The molecule has 0 atom stereocenters. The summed E-state index contributed by atoms with van der Waals surface area (Å²) in [7, 11) is 1.28. The first kappa shape index (κ1) is 13.6. The molecule has 0 aliphatic rings. The molecule has 0 bridgehead atoms. The summed E-state index contributed by atoms with van der Waals surface area (Å²) in [6.45, 7) is 1.68. The number of rotatable bonds is 4. The lowest BCUT2D eigenvalue weighted by atomic mass is 10.1. The molecule has 1 rings (SSSR count). The summed E-state index contributed by atoms with van der Waals surface area (Å²) in [5.74, 6) is -2.46. The van der Waals surface area contributed by atoms with E-state index in [0.717, 1.165) is 6.07 Å². The molecular weight excluding hydrogens is 295 g/mol. The topological polar surface area (TPSA) is 52.6 Å². The molecule has 0 saturated heterocycles. The lowest BCUT2D eigenvalue weighted by Crippen LogP contribution is -2.18. The highest BCUT2D eigenvalue weighted by Gasteiger charge is 2.23. The van der Waals surface area contributed by atoms with Gasteiger partial charge in [-0.3, -0.25) is 4.79 Å². The number of hydrogen-bond acceptors (Lipinski definition) is 4. The van der Waals surface area contributed by atoms with E-state index >= 15 is 0 Å². The number of carbonyl (C=O) groups excluding carboxylic acids is 2. The third-order valence-electron chi connectivity index (χ3n) is 1.95. The Balaban J connectivity index is 3.16. The van der Waals surface area contributed by atoms with E-state index in [1.807, 2.05) is 0 Å². The van der Waals surface area contributed by atoms with Gasteiger partial charge in [0.2, 0.25) is 0 Å². The van der Waals surface area contributed by atoms with Gasteiger partial charge in [0.05, 0.1) is 23.8 Å². The van der Waals surface area contributed by atoms with Crippen molar-refractivity contribution in [2.75, 3.05) is 13.7 Å². The van der Waals surface area contributed by atoms with Crippen LogP contribution in [0.2, 0.25) is 0 Å². The van der Waals surface area contributed by atoms with Crippen LogP contribution in [0.15, 0.2) is 16.6 Å². The van der Waals surface area contributed by atoms with Crippen LogP contribution in [0.4, 0.5) is 4.39 Å². The van der Waals surface area contributed by atoms with E-state index in [0.29, 0.717) is 0 Å². The molecule has 92 valence electrons. The second-order valence-electron chi connectivity index (χ2n) is 3.02. The molecule has 1 aromatic carbocycles. The van der Waals surface area contributed by atoms with Crippen molar-refractivity contribution >= 4 is 27.7 Å². The first-order valence-electron chi connectivity index (χ1n) is 4.75. The van der Waals surface area contributed by atoms with Crippen LogP contribution in [0, 0.1) is 5.82 Å². The first-order chi connectivity index (χ1) is 8.01. The van der Waals surface area contributed by atoms with Crippen LogP contribution in [0.5, 0.6) is 5.75 Å². The number of benzene rings is 1. The van der Waals surface area contributed by atoms with Gasteiger partial charge in [-0.05, 0) is 28.9 Å². The minimum atomic E-state index is -0.996. The van der Waals surface area contributed by atoms with E-state index in [1.165, 1.54) is 13.2 Å². The standard InChI is InChI=1S/C11H10BrFO4/c1-3-17-11(15)10(14)6-4-7(12)8(13)5-9(6)16-2/h4-5H,3H2,1-2H3. The van der Waals surface area contributed by atoms with Gasteiger partial charge in [0, 0.05) is 6.07 Å². The number of ether oxygens (including phenoxy) is 2.